The molecule has 0 aromatic rings. The highest BCUT2D eigenvalue weighted by Crippen LogP contribution is 2.63. The first-order chi connectivity index (χ1) is 12.0. The normalized spacial score (nSPS) is 48.2. The first-order valence-electron chi connectivity index (χ1n) is 10.5. The zero-order chi connectivity index (χ0) is 17.7. The lowest BCUT2D eigenvalue weighted by Crippen LogP contribution is -2.62. The molecule has 0 aromatic heterocycles. The summed E-state index contributed by atoms with van der Waals surface area (Å²) in [6, 6.07) is 0. The maximum atomic E-state index is 9.60. The molecule has 0 amide bonds. The number of ether oxygens (including phenoxy) is 2. The Morgan fingerprint density at radius 1 is 1.12 bits per heavy atom. The van der Waals surface area contributed by atoms with Crippen LogP contribution in [-0.2, 0) is 9.47 Å². The molecule has 1 aliphatic heterocycles. The van der Waals surface area contributed by atoms with E-state index in [2.05, 4.69) is 20.4 Å². The minimum absolute atomic E-state index is 0.0386. The molecule has 1 unspecified atom stereocenters. The van der Waals surface area contributed by atoms with Crippen LogP contribution >= 0.6 is 0 Å². The molecule has 1 N–H and O–H groups in total. The molecule has 0 spiro atoms. The van der Waals surface area contributed by atoms with E-state index in [1.54, 1.807) is 0 Å². The molecule has 4 aliphatic rings. The number of allylic oxidation sites excluding steroid dienone is 1. The van der Waals surface area contributed by atoms with Gasteiger partial charge in [0.15, 0.2) is 6.29 Å². The Kier molecular flexibility index (Phi) is 4.79. The molecule has 25 heavy (non-hydrogen) atoms. The lowest BCUT2D eigenvalue weighted by atomic mass is 9.46. The van der Waals surface area contributed by atoms with Crippen molar-refractivity contribution in [2.24, 2.45) is 28.6 Å². The number of rotatable bonds is 3. The van der Waals surface area contributed by atoms with Gasteiger partial charge in [-0.25, -0.2) is 0 Å². The van der Waals surface area contributed by atoms with E-state index in [9.17, 15) is 5.11 Å². The maximum absolute atomic E-state index is 9.60. The molecule has 6 atom stereocenters. The Bertz CT molecular complexity index is 511. The monoisotopic (exact) mass is 348 g/mol. The van der Waals surface area contributed by atoms with Gasteiger partial charge in [0.2, 0.25) is 0 Å². The Morgan fingerprint density at radius 3 is 2.60 bits per heavy atom. The predicted octanol–water partition coefficient (Wildman–Crippen LogP) is 4.69. The van der Waals surface area contributed by atoms with Crippen molar-refractivity contribution in [1.82, 2.24) is 0 Å². The highest BCUT2D eigenvalue weighted by atomic mass is 16.7. The van der Waals surface area contributed by atoms with Crippen LogP contribution in [0.5, 0.6) is 0 Å². The molecule has 3 nitrogen and oxygen atoms in total. The first kappa shape index (κ1) is 18.0. The highest BCUT2D eigenvalue weighted by Gasteiger charge is 2.60. The zero-order valence-corrected chi connectivity index (χ0v) is 16.1. The molecule has 4 rings (SSSR count). The number of hydrogen-bond acceptors (Lipinski definition) is 3. The molecule has 3 saturated carbocycles. The Balaban J connectivity index is 1.55. The van der Waals surface area contributed by atoms with Crippen LogP contribution < -0.4 is 0 Å². The van der Waals surface area contributed by atoms with Crippen molar-refractivity contribution >= 4 is 0 Å². The lowest BCUT2D eigenvalue weighted by molar-refractivity contribution is -0.316. The van der Waals surface area contributed by atoms with Gasteiger partial charge in [0, 0.05) is 17.9 Å². The molecule has 1 heterocycles. The van der Waals surface area contributed by atoms with Crippen LogP contribution in [0.25, 0.3) is 0 Å². The molecule has 142 valence electrons. The van der Waals surface area contributed by atoms with Crippen LogP contribution in [0.4, 0.5) is 0 Å². The number of fused-ring (bicyclic) bond motifs is 3. The van der Waals surface area contributed by atoms with E-state index in [4.69, 9.17) is 9.47 Å². The highest BCUT2D eigenvalue weighted by molar-refractivity contribution is 5.18. The summed E-state index contributed by atoms with van der Waals surface area (Å²) < 4.78 is 13.0. The summed E-state index contributed by atoms with van der Waals surface area (Å²) in [6.07, 6.45) is 11.1. The smallest absolute Gasteiger partial charge is 0.160 e. The van der Waals surface area contributed by atoms with Gasteiger partial charge >= 0.3 is 0 Å². The standard InChI is InChI=1S/C22H36O3/c1-15-8-9-18-21(2,17(15)11-13-23)12-10-19-22(18,3)14-24-20(25-19)16-6-4-5-7-16/h16-20,23H,1,4-14H2,2-3H3/t17-,18?,19-,20-,21+,22+/m1/s1. The molecule has 0 radical (unpaired) electrons. The third-order valence-corrected chi connectivity index (χ3v) is 8.38. The summed E-state index contributed by atoms with van der Waals surface area (Å²) in [5.74, 6) is 1.66. The van der Waals surface area contributed by atoms with E-state index < -0.39 is 0 Å². The van der Waals surface area contributed by atoms with Gasteiger partial charge in [0.25, 0.3) is 0 Å². The van der Waals surface area contributed by atoms with Crippen molar-refractivity contribution in [3.05, 3.63) is 12.2 Å². The van der Waals surface area contributed by atoms with Crippen LogP contribution in [0.2, 0.25) is 0 Å². The predicted molar refractivity (Wildman–Crippen MR) is 99.1 cm³/mol. The van der Waals surface area contributed by atoms with Crippen molar-refractivity contribution in [3.8, 4) is 0 Å². The fourth-order valence-electron chi connectivity index (χ4n) is 6.99. The summed E-state index contributed by atoms with van der Waals surface area (Å²) >= 11 is 0. The van der Waals surface area contributed by atoms with Crippen LogP contribution in [0.3, 0.4) is 0 Å². The van der Waals surface area contributed by atoms with Crippen molar-refractivity contribution in [2.75, 3.05) is 13.2 Å². The summed E-state index contributed by atoms with van der Waals surface area (Å²) in [5.41, 5.74) is 1.70. The fraction of sp³-hybridized carbons (Fsp3) is 0.909. The van der Waals surface area contributed by atoms with Gasteiger partial charge in [0.05, 0.1) is 12.7 Å². The first-order valence-corrected chi connectivity index (χ1v) is 10.5. The topological polar surface area (TPSA) is 38.7 Å². The molecule has 4 fully saturated rings. The van der Waals surface area contributed by atoms with Gasteiger partial charge in [-0.1, -0.05) is 38.8 Å². The van der Waals surface area contributed by atoms with Gasteiger partial charge in [-0.15, -0.1) is 0 Å². The second kappa shape index (κ2) is 6.65. The van der Waals surface area contributed by atoms with Gasteiger partial charge in [-0.3, -0.25) is 0 Å². The summed E-state index contributed by atoms with van der Waals surface area (Å²) in [6.45, 7) is 10.3. The summed E-state index contributed by atoms with van der Waals surface area (Å²) in [5, 5.41) is 9.60. The maximum Gasteiger partial charge on any atom is 0.160 e. The molecule has 1 saturated heterocycles. The summed E-state index contributed by atoms with van der Waals surface area (Å²) in [4.78, 5) is 0. The minimum atomic E-state index is 0.0386. The second-order valence-corrected chi connectivity index (χ2v) is 9.71. The van der Waals surface area contributed by atoms with Crippen molar-refractivity contribution in [1.29, 1.82) is 0 Å². The van der Waals surface area contributed by atoms with Crippen LogP contribution in [0, 0.1) is 28.6 Å². The molecule has 3 aliphatic carbocycles. The second-order valence-electron chi connectivity index (χ2n) is 9.71. The van der Waals surface area contributed by atoms with E-state index in [0.29, 0.717) is 23.9 Å². The van der Waals surface area contributed by atoms with E-state index in [-0.39, 0.29) is 23.7 Å². The van der Waals surface area contributed by atoms with E-state index in [0.717, 1.165) is 25.9 Å². The average molecular weight is 349 g/mol. The van der Waals surface area contributed by atoms with Crippen molar-refractivity contribution < 1.29 is 14.6 Å². The van der Waals surface area contributed by atoms with Gasteiger partial charge in [0.1, 0.15) is 0 Å². The number of aliphatic hydroxyl groups excluding tert-OH is 1. The number of aliphatic hydroxyl groups is 1. The van der Waals surface area contributed by atoms with E-state index >= 15 is 0 Å². The average Bonchev–Trinajstić information content (AvgIpc) is 3.12. The molecular formula is C22H36O3. The minimum Gasteiger partial charge on any atom is -0.396 e. The molecule has 3 heteroatoms. The van der Waals surface area contributed by atoms with Gasteiger partial charge < -0.3 is 14.6 Å². The van der Waals surface area contributed by atoms with Crippen LogP contribution in [-0.4, -0.2) is 30.7 Å². The Hall–Kier alpha value is -0.380. The van der Waals surface area contributed by atoms with E-state index in [1.807, 2.05) is 0 Å². The van der Waals surface area contributed by atoms with Crippen molar-refractivity contribution in [2.45, 2.75) is 84.0 Å². The quantitative estimate of drug-likeness (QED) is 0.752. The Labute approximate surface area is 153 Å². The van der Waals surface area contributed by atoms with Gasteiger partial charge in [-0.05, 0) is 62.2 Å². The fourth-order valence-corrected chi connectivity index (χ4v) is 6.99. The van der Waals surface area contributed by atoms with Gasteiger partial charge in [-0.2, -0.15) is 0 Å². The SMILES string of the molecule is C=C1CCC2[C@]3(C)CO[C@@H](C4CCCC4)O[C@@H]3CC[C@@]2(C)[C@@H]1CCO. The summed E-state index contributed by atoms with van der Waals surface area (Å²) in [7, 11) is 0. The molecule has 0 bridgehead atoms. The molecular weight excluding hydrogens is 312 g/mol. The largest absolute Gasteiger partial charge is 0.396 e. The van der Waals surface area contributed by atoms with Crippen molar-refractivity contribution in [3.63, 3.8) is 0 Å². The molecule has 0 aromatic carbocycles. The van der Waals surface area contributed by atoms with E-state index in [1.165, 1.54) is 44.1 Å². The zero-order valence-electron chi connectivity index (χ0n) is 16.1. The Morgan fingerprint density at radius 2 is 1.88 bits per heavy atom. The number of hydrogen-bond donors (Lipinski definition) is 1. The van der Waals surface area contributed by atoms with Crippen LogP contribution in [0.1, 0.15) is 71.6 Å². The third kappa shape index (κ3) is 2.82. The third-order valence-electron chi connectivity index (χ3n) is 8.38. The van der Waals surface area contributed by atoms with Crippen LogP contribution in [0.15, 0.2) is 12.2 Å². The lowest BCUT2D eigenvalue weighted by Gasteiger charge is -2.63.